The lowest BCUT2D eigenvalue weighted by molar-refractivity contribution is -0.138. The number of hydrogen-bond donors (Lipinski definition) is 2. The van der Waals surface area contributed by atoms with Crippen LogP contribution in [-0.4, -0.2) is 68.1 Å². The zero-order valence-corrected chi connectivity index (χ0v) is 43.3. The third kappa shape index (κ3) is 13.5. The smallest absolute Gasteiger partial charge is 0.507 e. The van der Waals surface area contributed by atoms with E-state index in [1.54, 1.807) is 44.2 Å². The number of aromatic hydroxyl groups is 1. The largest absolute Gasteiger partial charge is 0.534 e. The molecule has 0 saturated carbocycles. The molecule has 0 bridgehead atoms. The molecule has 7 heterocycles. The number of fused-ring (bicyclic) bond motifs is 3. The molecule has 28 heteroatoms. The first-order valence-corrected chi connectivity index (χ1v) is 25.1. The van der Waals surface area contributed by atoms with Crippen molar-refractivity contribution in [2.24, 2.45) is 0 Å². The lowest BCUT2D eigenvalue weighted by Gasteiger charge is -2.17. The van der Waals surface area contributed by atoms with E-state index in [0.717, 1.165) is 56.2 Å². The van der Waals surface area contributed by atoms with Crippen molar-refractivity contribution in [3.05, 3.63) is 223 Å². The van der Waals surface area contributed by atoms with Crippen LogP contribution < -0.4 is 40.7 Å². The number of hydrogen-bond acceptors (Lipinski definition) is 18. The number of benzene rings is 3. The van der Waals surface area contributed by atoms with Crippen molar-refractivity contribution >= 4 is 48.9 Å². The standard InChI is InChI=1S/C22H18F3N5O2.C16H12F3N3O5S.C15H13N3O3/c1-14-20-18(27-11-16-10-26-8-7-17(16)22(23,24)25)9-19(31)30(21(20)29-13-28-14)32-12-15-5-3-2-4-6-15;1-10-14-12(27-28(24,25)16(17,18)19)7-13(23)22(15(14)21-9-20-10)26-8-11-5-3-2-4-6-11;1-10-14-12(19)7-13(20)18(15(14)17-9-16-10)21-8-11-5-3-2-4-6-11/h2-10,13,27H,11-12H2,1H3;2-7,9H,8H2,1H3;2-7,9,19H,8H2,1H3. The molecule has 2 N–H and O–H groups in total. The molecule has 0 aliphatic heterocycles. The first-order chi connectivity index (χ1) is 38.6. The molecule has 0 saturated heterocycles. The fourth-order valence-electron chi connectivity index (χ4n) is 7.73. The van der Waals surface area contributed by atoms with Crippen molar-refractivity contribution in [2.75, 3.05) is 5.32 Å². The van der Waals surface area contributed by atoms with E-state index in [-0.39, 0.29) is 65.7 Å². The number of aromatic nitrogens is 10. The highest BCUT2D eigenvalue weighted by Gasteiger charge is 2.49. The molecule has 0 amide bonds. The van der Waals surface area contributed by atoms with Gasteiger partial charge in [0.15, 0.2) is 22.7 Å². The van der Waals surface area contributed by atoms with Crippen molar-refractivity contribution < 1.29 is 58.6 Å². The van der Waals surface area contributed by atoms with Gasteiger partial charge in [0.2, 0.25) is 0 Å². The summed E-state index contributed by atoms with van der Waals surface area (Å²) < 4.78 is 108. The van der Waals surface area contributed by atoms with Crippen LogP contribution in [0.4, 0.5) is 32.0 Å². The van der Waals surface area contributed by atoms with Crippen molar-refractivity contribution in [3.8, 4) is 11.5 Å². The summed E-state index contributed by atoms with van der Waals surface area (Å²) in [5, 5.41) is 13.5. The van der Waals surface area contributed by atoms with Gasteiger partial charge in [-0.2, -0.15) is 34.8 Å². The summed E-state index contributed by atoms with van der Waals surface area (Å²) in [6, 6.07) is 31.4. The molecule has 7 aromatic heterocycles. The molecule has 10 rings (SSSR count). The number of anilines is 1. The fourth-order valence-corrected chi connectivity index (χ4v) is 8.19. The number of nitrogens with one attached hydrogen (secondary N) is 1. The first kappa shape index (κ1) is 57.2. The number of rotatable bonds is 14. The predicted octanol–water partition coefficient (Wildman–Crippen LogP) is 7.15. The lowest BCUT2D eigenvalue weighted by atomic mass is 10.1. The van der Waals surface area contributed by atoms with Gasteiger partial charge in [-0.15, -0.1) is 14.2 Å². The Hall–Kier alpha value is -9.99. The van der Waals surface area contributed by atoms with Gasteiger partial charge in [0.1, 0.15) is 44.6 Å². The third-order valence-corrected chi connectivity index (χ3v) is 12.5. The molecule has 0 radical (unpaired) electrons. The Kier molecular flexibility index (Phi) is 17.2. The molecule has 0 atom stereocenters. The zero-order chi connectivity index (χ0) is 58.1. The molecule has 81 heavy (non-hydrogen) atoms. The highest BCUT2D eigenvalue weighted by atomic mass is 32.2. The molecule has 21 nitrogen and oxygen atoms in total. The Bertz CT molecular complexity index is 4180. The number of aryl methyl sites for hydroxylation is 3. The highest BCUT2D eigenvalue weighted by Crippen LogP contribution is 2.33. The van der Waals surface area contributed by atoms with Crippen molar-refractivity contribution in [1.29, 1.82) is 0 Å². The Labute approximate surface area is 453 Å². The molecule has 418 valence electrons. The Morgan fingerprint density at radius 1 is 0.556 bits per heavy atom. The summed E-state index contributed by atoms with van der Waals surface area (Å²) in [5.41, 5.74) is -4.22. The normalized spacial score (nSPS) is 11.5. The van der Waals surface area contributed by atoms with E-state index in [4.69, 9.17) is 14.5 Å². The second-order valence-corrected chi connectivity index (χ2v) is 18.6. The summed E-state index contributed by atoms with van der Waals surface area (Å²) in [7, 11) is -5.99. The van der Waals surface area contributed by atoms with E-state index >= 15 is 0 Å². The molecule has 10 aromatic rings. The Morgan fingerprint density at radius 2 is 0.975 bits per heavy atom. The molecule has 0 aliphatic carbocycles. The fraction of sp³-hybridized carbons (Fsp3) is 0.170. The van der Waals surface area contributed by atoms with E-state index in [0.29, 0.717) is 39.5 Å². The monoisotopic (exact) mass is 1140 g/mol. The van der Waals surface area contributed by atoms with Crippen molar-refractivity contribution in [2.45, 2.75) is 58.8 Å². The van der Waals surface area contributed by atoms with Crippen molar-refractivity contribution in [1.82, 2.24) is 49.1 Å². The minimum atomic E-state index is -5.99. The van der Waals surface area contributed by atoms with Crippen LogP contribution in [0.5, 0.6) is 11.5 Å². The van der Waals surface area contributed by atoms with Gasteiger partial charge in [0, 0.05) is 36.6 Å². The van der Waals surface area contributed by atoms with Crippen LogP contribution in [0.25, 0.3) is 33.1 Å². The van der Waals surface area contributed by atoms with E-state index in [1.807, 2.05) is 60.7 Å². The summed E-state index contributed by atoms with van der Waals surface area (Å²) in [6.45, 7) is 4.96. The van der Waals surface area contributed by atoms with Gasteiger partial charge >= 0.3 is 21.8 Å². The van der Waals surface area contributed by atoms with E-state index in [1.165, 1.54) is 25.6 Å². The van der Waals surface area contributed by atoms with Crippen molar-refractivity contribution in [3.63, 3.8) is 0 Å². The maximum absolute atomic E-state index is 13.3. The molecule has 0 aliphatic rings. The van der Waals surface area contributed by atoms with Crippen LogP contribution in [0, 0.1) is 20.8 Å². The van der Waals surface area contributed by atoms with E-state index < -0.39 is 49.8 Å². The van der Waals surface area contributed by atoms with Gasteiger partial charge in [-0.25, -0.2) is 29.9 Å². The van der Waals surface area contributed by atoms with Crippen LogP contribution in [0.15, 0.2) is 161 Å². The number of pyridine rings is 4. The topological polar surface area (TPSA) is 260 Å². The van der Waals surface area contributed by atoms with Crippen LogP contribution in [0.3, 0.4) is 0 Å². The maximum atomic E-state index is 13.3. The SMILES string of the molecule is Cc1ncnc2c1c(NCc1cnccc1C(F)(F)F)cc(=O)n2OCc1ccccc1.Cc1ncnc2c1c(O)cc(=O)n2OCc1ccccc1.Cc1ncnc2c1c(OS(=O)(=O)C(F)(F)F)cc(=O)n2OCc1ccccc1. The predicted molar refractivity (Wildman–Crippen MR) is 280 cm³/mol. The van der Waals surface area contributed by atoms with Crippen LogP contribution in [0.2, 0.25) is 0 Å². The van der Waals surface area contributed by atoms with Gasteiger partial charge in [-0.3, -0.25) is 19.4 Å². The number of halogens is 6. The zero-order valence-electron chi connectivity index (χ0n) is 42.5. The number of alkyl halides is 6. The summed E-state index contributed by atoms with van der Waals surface area (Å²) in [6.07, 6.45) is 1.40. The second-order valence-electron chi connectivity index (χ2n) is 17.1. The maximum Gasteiger partial charge on any atom is 0.534 e. The van der Waals surface area contributed by atoms with Crippen LogP contribution in [0.1, 0.15) is 44.9 Å². The quantitative estimate of drug-likeness (QED) is 0.0622. The van der Waals surface area contributed by atoms with Gasteiger partial charge in [0.25, 0.3) is 16.7 Å². The number of nitrogens with zero attached hydrogens (tertiary/aromatic N) is 10. The Morgan fingerprint density at radius 3 is 1.44 bits per heavy atom. The third-order valence-electron chi connectivity index (χ3n) is 11.6. The molecule has 0 spiro atoms. The molecule has 3 aromatic carbocycles. The first-order valence-electron chi connectivity index (χ1n) is 23.7. The second kappa shape index (κ2) is 24.4. The average molecular weight is 1140 g/mol. The minimum absolute atomic E-state index is 0.0417. The molecular formula is C53H43F6N11O10S. The van der Waals surface area contributed by atoms with Gasteiger partial charge in [-0.1, -0.05) is 91.0 Å². The van der Waals surface area contributed by atoms with Crippen LogP contribution in [-0.2, 0) is 42.7 Å². The summed E-state index contributed by atoms with van der Waals surface area (Å²) in [5.74, 6) is -0.984. The molecular weight excluding hydrogens is 1100 g/mol. The average Bonchev–Trinajstić information content (AvgIpc) is 3.43. The summed E-state index contributed by atoms with van der Waals surface area (Å²) >= 11 is 0. The van der Waals surface area contributed by atoms with Gasteiger partial charge < -0.3 is 29.1 Å². The summed E-state index contributed by atoms with van der Waals surface area (Å²) in [4.78, 5) is 81.6. The highest BCUT2D eigenvalue weighted by molar-refractivity contribution is 7.88. The van der Waals surface area contributed by atoms with Gasteiger partial charge in [0.05, 0.1) is 50.6 Å². The molecule has 0 unspecified atom stereocenters. The van der Waals surface area contributed by atoms with Crippen LogP contribution >= 0.6 is 0 Å². The lowest BCUT2D eigenvalue weighted by Crippen LogP contribution is -2.31. The minimum Gasteiger partial charge on any atom is -0.507 e. The Balaban J connectivity index is 0.000000163. The molecule has 0 fully saturated rings. The van der Waals surface area contributed by atoms with E-state index in [2.05, 4.69) is 44.4 Å². The van der Waals surface area contributed by atoms with Gasteiger partial charge in [-0.05, 0) is 43.5 Å². The van der Waals surface area contributed by atoms with E-state index in [9.17, 15) is 54.3 Å².